The van der Waals surface area contributed by atoms with E-state index >= 15 is 0 Å². The molecule has 2 aromatic rings. The van der Waals surface area contributed by atoms with Crippen molar-refractivity contribution in [3.8, 4) is 0 Å². The number of rotatable bonds is 18. The predicted octanol–water partition coefficient (Wildman–Crippen LogP) is 3.64. The number of nitrogens with zero attached hydrogens (tertiary/aromatic N) is 3. The molecule has 0 aliphatic heterocycles. The largest absolute Gasteiger partial charge is 0.388 e. The van der Waals surface area contributed by atoms with E-state index in [1.165, 1.54) is 10.9 Å². The highest BCUT2D eigenvalue weighted by Crippen LogP contribution is 2.51. The summed E-state index contributed by atoms with van der Waals surface area (Å²) in [5.74, 6) is -0.151. The fraction of sp³-hybridized carbons (Fsp3) is 0.783. The maximum absolute atomic E-state index is 13.2. The molecule has 0 unspecified atom stereocenters. The third-order valence-electron chi connectivity index (χ3n) is 4.81. The van der Waals surface area contributed by atoms with Gasteiger partial charge in [0, 0.05) is 0 Å². The van der Waals surface area contributed by atoms with Crippen LogP contribution in [0.4, 0.5) is 5.95 Å². The Morgan fingerprint density at radius 2 is 1.32 bits per heavy atom. The summed E-state index contributed by atoms with van der Waals surface area (Å²) < 4.78 is 61.1. The number of aliphatic hydroxyl groups excluding tert-OH is 1. The molecule has 40 heavy (non-hydrogen) atoms. The molecule has 0 saturated heterocycles. The first kappa shape index (κ1) is 34.5. The number of ether oxygens (including phenoxy) is 2. The Labute approximate surface area is 234 Å². The van der Waals surface area contributed by atoms with Gasteiger partial charge in [-0.25, -0.2) is 4.98 Å². The quantitative estimate of drug-likeness (QED) is 0.207. The molecule has 2 aromatic heterocycles. The van der Waals surface area contributed by atoms with Crippen molar-refractivity contribution in [3.05, 3.63) is 16.7 Å². The SMILES string of the molecule is CC(C)OP(=O)(COC[C@@H](O)[C@H](COCP(=O)(OC(C)C)OC(C)C)n1cnc2c(=O)[nH]c(N)nc21)OC(C)C. The van der Waals surface area contributed by atoms with Crippen LogP contribution in [0.5, 0.6) is 0 Å². The molecular formula is C23H43N5O10P2. The van der Waals surface area contributed by atoms with Crippen LogP contribution in [0, 0.1) is 0 Å². The molecule has 0 spiro atoms. The summed E-state index contributed by atoms with van der Waals surface area (Å²) in [6, 6.07) is -0.957. The van der Waals surface area contributed by atoms with Gasteiger partial charge in [0.05, 0.1) is 50.0 Å². The monoisotopic (exact) mass is 611 g/mol. The van der Waals surface area contributed by atoms with Crippen molar-refractivity contribution in [2.45, 2.75) is 92.0 Å². The van der Waals surface area contributed by atoms with Crippen LogP contribution >= 0.6 is 15.2 Å². The highest BCUT2D eigenvalue weighted by molar-refractivity contribution is 7.53. The Morgan fingerprint density at radius 1 is 0.875 bits per heavy atom. The second-order valence-corrected chi connectivity index (χ2v) is 14.1. The van der Waals surface area contributed by atoms with E-state index in [0.29, 0.717) is 0 Å². The van der Waals surface area contributed by atoms with Crippen LogP contribution in [0.3, 0.4) is 0 Å². The third kappa shape index (κ3) is 10.6. The van der Waals surface area contributed by atoms with Gasteiger partial charge in [-0.2, -0.15) is 4.98 Å². The summed E-state index contributed by atoms with van der Waals surface area (Å²) in [4.78, 5) is 22.9. The number of aliphatic hydroxyl groups is 1. The lowest BCUT2D eigenvalue weighted by Crippen LogP contribution is -2.33. The number of imidazole rings is 1. The van der Waals surface area contributed by atoms with Crippen molar-refractivity contribution in [2.75, 3.05) is 31.6 Å². The lowest BCUT2D eigenvalue weighted by Gasteiger charge is -2.27. The second kappa shape index (κ2) is 15.0. The van der Waals surface area contributed by atoms with Crippen molar-refractivity contribution >= 4 is 32.3 Å². The molecule has 0 aliphatic rings. The van der Waals surface area contributed by atoms with Crippen LogP contribution in [0.15, 0.2) is 11.1 Å². The Kier molecular flexibility index (Phi) is 12.9. The molecule has 0 saturated carbocycles. The topological polar surface area (TPSA) is 199 Å². The molecule has 0 aliphatic carbocycles. The zero-order valence-electron chi connectivity index (χ0n) is 24.3. The minimum Gasteiger partial charge on any atom is -0.388 e. The standard InChI is InChI=1S/C23H43N5O10P2/c1-14(2)35-39(31,36-15(3)4)12-33-9-18(28-11-25-20-21(28)26-23(24)27-22(20)30)19(29)10-34-13-40(32,37-16(5)6)38-17(7)8/h11,14-19,29H,9-10,12-13H2,1-8H3,(H3,24,26,27,30)/t18-,19+/m0/s1. The maximum Gasteiger partial charge on any atom is 0.356 e. The summed E-state index contributed by atoms with van der Waals surface area (Å²) in [5.41, 5.74) is 5.24. The second-order valence-electron chi connectivity index (χ2n) is 10.2. The van der Waals surface area contributed by atoms with Crippen LogP contribution in [0.2, 0.25) is 0 Å². The lowest BCUT2D eigenvalue weighted by molar-refractivity contribution is -0.0122. The molecule has 0 radical (unpaired) electrons. The van der Waals surface area contributed by atoms with Gasteiger partial charge in [-0.15, -0.1) is 0 Å². The van der Waals surface area contributed by atoms with Crippen LogP contribution in [-0.2, 0) is 36.7 Å². The highest BCUT2D eigenvalue weighted by atomic mass is 31.2. The van der Waals surface area contributed by atoms with Crippen molar-refractivity contribution in [1.29, 1.82) is 0 Å². The third-order valence-corrected chi connectivity index (χ3v) is 8.78. The lowest BCUT2D eigenvalue weighted by atomic mass is 10.2. The molecule has 0 aromatic carbocycles. The van der Waals surface area contributed by atoms with E-state index in [1.807, 2.05) is 0 Å². The van der Waals surface area contributed by atoms with E-state index in [-0.39, 0.29) is 42.5 Å². The molecule has 15 nitrogen and oxygen atoms in total. The zero-order chi connectivity index (χ0) is 30.3. The van der Waals surface area contributed by atoms with Crippen LogP contribution in [-0.4, -0.2) is 81.1 Å². The Morgan fingerprint density at radius 3 is 1.77 bits per heavy atom. The number of H-pyrrole nitrogens is 1. The van der Waals surface area contributed by atoms with Crippen LogP contribution in [0.25, 0.3) is 11.2 Å². The van der Waals surface area contributed by atoms with Crippen molar-refractivity contribution < 1.29 is 41.8 Å². The molecule has 230 valence electrons. The summed E-state index contributed by atoms with van der Waals surface area (Å²) >= 11 is 0. The number of hydrogen-bond donors (Lipinski definition) is 3. The van der Waals surface area contributed by atoms with E-state index in [1.54, 1.807) is 55.4 Å². The maximum atomic E-state index is 13.2. The predicted molar refractivity (Wildman–Crippen MR) is 149 cm³/mol. The average Bonchev–Trinajstić information content (AvgIpc) is 3.17. The number of fused-ring (bicyclic) bond motifs is 1. The Bertz CT molecular complexity index is 1200. The smallest absolute Gasteiger partial charge is 0.356 e. The fourth-order valence-corrected chi connectivity index (χ4v) is 7.27. The van der Waals surface area contributed by atoms with Crippen LogP contribution in [0.1, 0.15) is 61.4 Å². The first-order valence-electron chi connectivity index (χ1n) is 13.0. The van der Waals surface area contributed by atoms with Crippen LogP contribution < -0.4 is 11.3 Å². The van der Waals surface area contributed by atoms with Gasteiger partial charge in [-0.1, -0.05) is 0 Å². The molecule has 0 bridgehead atoms. The van der Waals surface area contributed by atoms with Crippen molar-refractivity contribution in [3.63, 3.8) is 0 Å². The molecular weight excluding hydrogens is 568 g/mol. The number of hydrogen-bond acceptors (Lipinski definition) is 13. The Hall–Kier alpha value is -1.67. The zero-order valence-corrected chi connectivity index (χ0v) is 26.1. The summed E-state index contributed by atoms with van der Waals surface area (Å²) in [6.45, 7) is 13.2. The number of aromatic amines is 1. The number of nitrogens with one attached hydrogen (secondary N) is 1. The highest BCUT2D eigenvalue weighted by Gasteiger charge is 2.32. The van der Waals surface area contributed by atoms with Gasteiger partial charge < -0.3 is 43.0 Å². The summed E-state index contributed by atoms with van der Waals surface area (Å²) in [7, 11) is -7.28. The van der Waals surface area contributed by atoms with Gasteiger partial charge in [0.15, 0.2) is 11.2 Å². The van der Waals surface area contributed by atoms with E-state index in [2.05, 4.69) is 15.0 Å². The molecule has 2 rings (SSSR count). The van der Waals surface area contributed by atoms with E-state index in [0.717, 1.165) is 0 Å². The van der Waals surface area contributed by atoms with E-state index in [9.17, 15) is 19.0 Å². The first-order chi connectivity index (χ1) is 18.5. The number of aromatic nitrogens is 4. The fourth-order valence-electron chi connectivity index (χ4n) is 3.70. The first-order valence-corrected chi connectivity index (χ1v) is 16.5. The van der Waals surface area contributed by atoms with Gasteiger partial charge in [-0.05, 0) is 55.4 Å². The molecule has 0 fully saturated rings. The van der Waals surface area contributed by atoms with Gasteiger partial charge in [0.1, 0.15) is 18.8 Å². The number of anilines is 1. The minimum atomic E-state index is -3.65. The average molecular weight is 612 g/mol. The minimum absolute atomic E-state index is 0.00978. The van der Waals surface area contributed by atoms with Gasteiger partial charge in [-0.3, -0.25) is 18.9 Å². The molecule has 2 heterocycles. The van der Waals surface area contributed by atoms with Gasteiger partial charge in [0.2, 0.25) is 5.95 Å². The summed E-state index contributed by atoms with van der Waals surface area (Å²) in [5, 5.41) is 11.2. The number of nitrogens with two attached hydrogens (primary N) is 1. The van der Waals surface area contributed by atoms with E-state index in [4.69, 9.17) is 33.3 Å². The number of nitrogen functional groups attached to an aromatic ring is 1. The van der Waals surface area contributed by atoms with Gasteiger partial charge >= 0.3 is 15.2 Å². The molecule has 2 atom stereocenters. The Balaban J connectivity index is 2.29. The molecule has 0 amide bonds. The summed E-state index contributed by atoms with van der Waals surface area (Å²) in [6.07, 6.45) is -2.38. The normalized spacial score (nSPS) is 14.7. The van der Waals surface area contributed by atoms with E-state index < -0.39 is 57.8 Å². The molecule has 17 heteroatoms. The molecule has 4 N–H and O–H groups in total. The van der Waals surface area contributed by atoms with Gasteiger partial charge in [0.25, 0.3) is 5.56 Å². The van der Waals surface area contributed by atoms with Crippen molar-refractivity contribution in [2.24, 2.45) is 0 Å². The van der Waals surface area contributed by atoms with Crippen molar-refractivity contribution in [1.82, 2.24) is 19.5 Å².